The number of hydrogen-bond acceptors (Lipinski definition) is 3. The fraction of sp³-hybridized carbons (Fsp3) is 0.250. The third-order valence-electron chi connectivity index (χ3n) is 2.33. The van der Waals surface area contributed by atoms with E-state index >= 15 is 0 Å². The quantitative estimate of drug-likeness (QED) is 0.916. The first-order valence-corrected chi connectivity index (χ1v) is 7.25. The number of benzene rings is 1. The molecule has 2 rings (SSSR count). The third kappa shape index (κ3) is 3.28. The van der Waals surface area contributed by atoms with Gasteiger partial charge >= 0.3 is 0 Å². The van der Waals surface area contributed by atoms with Crippen LogP contribution in [0.2, 0.25) is 4.34 Å². The Morgan fingerprint density at radius 3 is 3.00 bits per heavy atom. The average Bonchev–Trinajstić information content (AvgIpc) is 2.68. The second kappa shape index (κ2) is 5.96. The van der Waals surface area contributed by atoms with E-state index in [0.717, 1.165) is 38.0 Å². The number of likely N-dealkylation sites (N-methyl/N-ethyl adjacent to an activating group) is 1. The molecule has 2 aromatic rings. The molecule has 0 unspecified atom stereocenters. The summed E-state index contributed by atoms with van der Waals surface area (Å²) in [4.78, 5) is 4.58. The predicted octanol–water partition coefficient (Wildman–Crippen LogP) is 3.99. The minimum atomic E-state index is 0.787. The van der Waals surface area contributed by atoms with Gasteiger partial charge in [-0.3, -0.25) is 0 Å². The summed E-state index contributed by atoms with van der Waals surface area (Å²) in [6.45, 7) is 0.890. The normalized spacial score (nSPS) is 10.8. The molecule has 0 saturated carbocycles. The van der Waals surface area contributed by atoms with Crippen molar-refractivity contribution in [3.8, 4) is 10.6 Å². The van der Waals surface area contributed by atoms with Gasteiger partial charge in [0.15, 0.2) is 0 Å². The zero-order valence-electron chi connectivity index (χ0n) is 9.34. The molecule has 1 N–H and O–H groups in total. The first-order valence-electron chi connectivity index (χ1n) is 5.26. The van der Waals surface area contributed by atoms with E-state index in [4.69, 9.17) is 11.6 Å². The highest BCUT2D eigenvalue weighted by atomic mass is 79.9. The molecule has 0 aliphatic carbocycles. The second-order valence-corrected chi connectivity index (χ2v) is 6.12. The summed E-state index contributed by atoms with van der Waals surface area (Å²) in [5.74, 6) is 0. The van der Waals surface area contributed by atoms with Gasteiger partial charge in [-0.05, 0) is 19.2 Å². The van der Waals surface area contributed by atoms with E-state index in [-0.39, 0.29) is 0 Å². The van der Waals surface area contributed by atoms with E-state index < -0.39 is 0 Å². The van der Waals surface area contributed by atoms with Crippen molar-refractivity contribution in [3.05, 3.63) is 38.8 Å². The largest absolute Gasteiger partial charge is 0.319 e. The molecular weight excluding hydrogens is 320 g/mol. The number of halogens is 2. The molecule has 1 heterocycles. The van der Waals surface area contributed by atoms with Crippen LogP contribution in [0.25, 0.3) is 10.6 Å². The van der Waals surface area contributed by atoms with Crippen LogP contribution in [0.3, 0.4) is 0 Å². The maximum atomic E-state index is 6.19. The maximum absolute atomic E-state index is 6.19. The van der Waals surface area contributed by atoms with Gasteiger partial charge in [-0.2, -0.15) is 0 Å². The molecule has 5 heteroatoms. The lowest BCUT2D eigenvalue weighted by molar-refractivity contribution is 0.781. The third-order valence-corrected chi connectivity index (χ3v) is 4.21. The Hall–Kier alpha value is -0.420. The highest BCUT2D eigenvalue weighted by Crippen LogP contribution is 2.32. The minimum absolute atomic E-state index is 0.787. The van der Waals surface area contributed by atoms with Crippen molar-refractivity contribution in [2.75, 3.05) is 13.6 Å². The molecule has 0 aliphatic heterocycles. The van der Waals surface area contributed by atoms with Crippen LogP contribution in [0.4, 0.5) is 0 Å². The Bertz CT molecular complexity index is 513. The molecule has 2 nitrogen and oxygen atoms in total. The molecule has 17 heavy (non-hydrogen) atoms. The van der Waals surface area contributed by atoms with Gasteiger partial charge in [-0.1, -0.05) is 39.7 Å². The number of thiazole rings is 1. The molecule has 90 valence electrons. The van der Waals surface area contributed by atoms with Gasteiger partial charge in [0, 0.05) is 23.0 Å². The van der Waals surface area contributed by atoms with E-state index in [1.165, 1.54) is 11.3 Å². The molecule has 0 fully saturated rings. The predicted molar refractivity (Wildman–Crippen MR) is 77.9 cm³/mol. The SMILES string of the molecule is CNCCc1nc(-c2cccc(Br)c2)sc1Cl. The summed E-state index contributed by atoms with van der Waals surface area (Å²) in [5, 5.41) is 4.07. The van der Waals surface area contributed by atoms with Crippen molar-refractivity contribution in [3.63, 3.8) is 0 Å². The van der Waals surface area contributed by atoms with Gasteiger partial charge in [0.2, 0.25) is 0 Å². The van der Waals surface area contributed by atoms with Crippen molar-refractivity contribution >= 4 is 38.9 Å². The molecule has 0 aliphatic rings. The summed E-state index contributed by atoms with van der Waals surface area (Å²) in [7, 11) is 1.93. The lowest BCUT2D eigenvalue weighted by atomic mass is 10.2. The number of nitrogens with one attached hydrogen (secondary N) is 1. The topological polar surface area (TPSA) is 24.9 Å². The molecular formula is C12H12BrClN2S. The van der Waals surface area contributed by atoms with E-state index in [1.807, 2.05) is 25.2 Å². The van der Waals surface area contributed by atoms with Crippen LogP contribution in [0.15, 0.2) is 28.7 Å². The van der Waals surface area contributed by atoms with Crippen LogP contribution in [0.1, 0.15) is 5.69 Å². The van der Waals surface area contributed by atoms with Crippen LogP contribution < -0.4 is 5.32 Å². The monoisotopic (exact) mass is 330 g/mol. The lowest BCUT2D eigenvalue weighted by Crippen LogP contribution is -2.10. The molecule has 0 saturated heterocycles. The van der Waals surface area contributed by atoms with Gasteiger partial charge in [0.1, 0.15) is 9.34 Å². The molecule has 1 aromatic carbocycles. The number of rotatable bonds is 4. The smallest absolute Gasteiger partial charge is 0.125 e. The summed E-state index contributed by atoms with van der Waals surface area (Å²) in [5.41, 5.74) is 2.07. The van der Waals surface area contributed by atoms with E-state index in [1.54, 1.807) is 0 Å². The first kappa shape index (κ1) is 13.0. The van der Waals surface area contributed by atoms with Crippen molar-refractivity contribution in [1.82, 2.24) is 10.3 Å². The van der Waals surface area contributed by atoms with Crippen LogP contribution in [-0.2, 0) is 6.42 Å². The molecule has 0 radical (unpaired) electrons. The zero-order valence-corrected chi connectivity index (χ0v) is 12.5. The highest BCUT2D eigenvalue weighted by molar-refractivity contribution is 9.10. The molecule has 0 atom stereocenters. The Morgan fingerprint density at radius 2 is 2.29 bits per heavy atom. The summed E-state index contributed by atoms with van der Waals surface area (Å²) in [6.07, 6.45) is 0.861. The number of hydrogen-bond donors (Lipinski definition) is 1. The summed E-state index contributed by atoms with van der Waals surface area (Å²) in [6, 6.07) is 8.10. The Balaban J connectivity index is 2.28. The fourth-order valence-corrected chi connectivity index (χ4v) is 3.07. The average molecular weight is 332 g/mol. The maximum Gasteiger partial charge on any atom is 0.125 e. The first-order chi connectivity index (χ1) is 8.20. The van der Waals surface area contributed by atoms with E-state index in [2.05, 4.69) is 32.3 Å². The molecule has 0 amide bonds. The Morgan fingerprint density at radius 1 is 1.47 bits per heavy atom. The van der Waals surface area contributed by atoms with Gasteiger partial charge < -0.3 is 5.32 Å². The van der Waals surface area contributed by atoms with Gasteiger partial charge in [0.25, 0.3) is 0 Å². The number of nitrogens with zero attached hydrogens (tertiary/aromatic N) is 1. The standard InChI is InChI=1S/C12H12BrClN2S/c1-15-6-5-10-11(14)17-12(16-10)8-3-2-4-9(13)7-8/h2-4,7,15H,5-6H2,1H3. The van der Waals surface area contributed by atoms with Crippen molar-refractivity contribution in [2.45, 2.75) is 6.42 Å². The van der Waals surface area contributed by atoms with E-state index in [9.17, 15) is 0 Å². The van der Waals surface area contributed by atoms with E-state index in [0.29, 0.717) is 0 Å². The summed E-state index contributed by atoms with van der Waals surface area (Å²) >= 11 is 11.2. The lowest BCUT2D eigenvalue weighted by Gasteiger charge is -1.97. The number of aromatic nitrogens is 1. The highest BCUT2D eigenvalue weighted by Gasteiger charge is 2.10. The Labute approximate surface area is 118 Å². The van der Waals surface area contributed by atoms with Crippen LogP contribution in [0, 0.1) is 0 Å². The second-order valence-electron chi connectivity index (χ2n) is 3.60. The molecule has 1 aromatic heterocycles. The van der Waals surface area contributed by atoms with Crippen LogP contribution >= 0.6 is 38.9 Å². The minimum Gasteiger partial charge on any atom is -0.319 e. The summed E-state index contributed by atoms with van der Waals surface area (Å²) < 4.78 is 1.84. The van der Waals surface area contributed by atoms with Gasteiger partial charge in [-0.25, -0.2) is 4.98 Å². The zero-order chi connectivity index (χ0) is 12.3. The van der Waals surface area contributed by atoms with Gasteiger partial charge in [0.05, 0.1) is 5.69 Å². The van der Waals surface area contributed by atoms with Crippen molar-refractivity contribution in [2.24, 2.45) is 0 Å². The Kier molecular flexibility index (Phi) is 4.56. The molecule has 0 bridgehead atoms. The fourth-order valence-electron chi connectivity index (χ4n) is 1.48. The van der Waals surface area contributed by atoms with Crippen molar-refractivity contribution < 1.29 is 0 Å². The van der Waals surface area contributed by atoms with Crippen LogP contribution in [0.5, 0.6) is 0 Å². The van der Waals surface area contributed by atoms with Crippen molar-refractivity contribution in [1.29, 1.82) is 0 Å². The van der Waals surface area contributed by atoms with Crippen LogP contribution in [-0.4, -0.2) is 18.6 Å². The molecule has 0 spiro atoms. The van der Waals surface area contributed by atoms with Gasteiger partial charge in [-0.15, -0.1) is 11.3 Å².